The third-order valence-electron chi connectivity index (χ3n) is 2.05. The molecule has 16 heavy (non-hydrogen) atoms. The number of nitrogens with zero attached hydrogens (tertiary/aromatic N) is 1. The van der Waals surface area contributed by atoms with E-state index in [9.17, 15) is 4.79 Å². The number of anilines is 1. The molecule has 4 nitrogen and oxygen atoms in total. The van der Waals surface area contributed by atoms with Gasteiger partial charge in [0.1, 0.15) is 10.7 Å². The van der Waals surface area contributed by atoms with Gasteiger partial charge in [0.25, 0.3) is 5.91 Å². The number of amides is 1. The van der Waals surface area contributed by atoms with E-state index >= 15 is 0 Å². The summed E-state index contributed by atoms with van der Waals surface area (Å²) in [5, 5.41) is 2.80. The van der Waals surface area contributed by atoms with E-state index in [1.165, 1.54) is 0 Å². The van der Waals surface area contributed by atoms with Crippen LogP contribution in [0.4, 0.5) is 5.82 Å². The third kappa shape index (κ3) is 2.58. The van der Waals surface area contributed by atoms with Gasteiger partial charge in [-0.1, -0.05) is 30.3 Å². The summed E-state index contributed by atoms with van der Waals surface area (Å²) in [6.07, 6.45) is 0. The molecule has 0 atom stereocenters. The summed E-state index contributed by atoms with van der Waals surface area (Å²) in [5.74, 6) is 0.243. The lowest BCUT2D eigenvalue weighted by Crippen LogP contribution is -2.21. The molecule has 0 bridgehead atoms. The molecule has 0 aliphatic heterocycles. The van der Waals surface area contributed by atoms with Gasteiger partial charge >= 0.3 is 0 Å². The Morgan fingerprint density at radius 1 is 1.38 bits per heavy atom. The second-order valence-corrected chi connectivity index (χ2v) is 4.09. The predicted molar refractivity (Wildman–Crippen MR) is 64.1 cm³/mol. The first-order chi connectivity index (χ1) is 7.75. The van der Waals surface area contributed by atoms with E-state index in [1.54, 1.807) is 6.07 Å². The molecule has 0 saturated carbocycles. The average Bonchev–Trinajstić information content (AvgIpc) is 2.74. The molecule has 0 saturated heterocycles. The van der Waals surface area contributed by atoms with Gasteiger partial charge in [0.2, 0.25) is 0 Å². The number of nitrogen functional groups attached to an aromatic ring is 1. The van der Waals surface area contributed by atoms with Crippen molar-refractivity contribution in [1.82, 2.24) is 9.69 Å². The van der Waals surface area contributed by atoms with Gasteiger partial charge in [-0.2, -0.15) is 4.37 Å². The Kier molecular flexibility index (Phi) is 3.16. The first-order valence-corrected chi connectivity index (χ1v) is 5.57. The molecule has 2 rings (SSSR count). The highest BCUT2D eigenvalue weighted by Gasteiger charge is 2.08. The van der Waals surface area contributed by atoms with Gasteiger partial charge in [0.15, 0.2) is 0 Å². The quantitative estimate of drug-likeness (QED) is 0.847. The van der Waals surface area contributed by atoms with Crippen molar-refractivity contribution in [3.05, 3.63) is 46.8 Å². The Labute approximate surface area is 97.3 Å². The van der Waals surface area contributed by atoms with Gasteiger partial charge in [-0.15, -0.1) is 0 Å². The summed E-state index contributed by atoms with van der Waals surface area (Å²) in [6, 6.07) is 11.3. The molecule has 3 N–H and O–H groups in total. The molecule has 1 heterocycles. The number of hydrogen-bond donors (Lipinski definition) is 2. The van der Waals surface area contributed by atoms with Gasteiger partial charge in [-0.05, 0) is 17.1 Å². The Hall–Kier alpha value is -1.88. The fourth-order valence-electron chi connectivity index (χ4n) is 1.26. The number of rotatable bonds is 3. The monoisotopic (exact) mass is 233 g/mol. The van der Waals surface area contributed by atoms with Crippen LogP contribution in [0.1, 0.15) is 15.2 Å². The summed E-state index contributed by atoms with van der Waals surface area (Å²) in [6.45, 7) is 0.511. The zero-order valence-corrected chi connectivity index (χ0v) is 9.33. The van der Waals surface area contributed by atoms with Crippen molar-refractivity contribution >= 4 is 23.3 Å². The number of nitrogens with two attached hydrogens (primary N) is 1. The van der Waals surface area contributed by atoms with Crippen LogP contribution in [0.3, 0.4) is 0 Å². The van der Waals surface area contributed by atoms with E-state index in [0.717, 1.165) is 17.1 Å². The van der Waals surface area contributed by atoms with Crippen molar-refractivity contribution in [3.63, 3.8) is 0 Å². The minimum absolute atomic E-state index is 0.141. The Bertz CT molecular complexity index is 481. The van der Waals surface area contributed by atoms with Crippen LogP contribution in [0.25, 0.3) is 0 Å². The summed E-state index contributed by atoms with van der Waals surface area (Å²) in [7, 11) is 0. The van der Waals surface area contributed by atoms with Crippen LogP contribution in [0.2, 0.25) is 0 Å². The number of aromatic nitrogens is 1. The van der Waals surface area contributed by atoms with Crippen LogP contribution in [0.15, 0.2) is 36.4 Å². The minimum Gasteiger partial charge on any atom is -0.383 e. The van der Waals surface area contributed by atoms with Crippen LogP contribution < -0.4 is 11.1 Å². The summed E-state index contributed by atoms with van der Waals surface area (Å²) in [5.41, 5.74) is 6.51. The molecular weight excluding hydrogens is 222 g/mol. The van der Waals surface area contributed by atoms with Crippen molar-refractivity contribution in [2.75, 3.05) is 5.73 Å². The molecule has 0 aliphatic carbocycles. The first-order valence-electron chi connectivity index (χ1n) is 4.80. The molecule has 0 radical (unpaired) electrons. The minimum atomic E-state index is -0.141. The number of carbonyl (C=O) groups is 1. The fraction of sp³-hybridized carbons (Fsp3) is 0.0909. The summed E-state index contributed by atoms with van der Waals surface area (Å²) < 4.78 is 3.85. The summed E-state index contributed by atoms with van der Waals surface area (Å²) >= 11 is 1.11. The van der Waals surface area contributed by atoms with E-state index in [2.05, 4.69) is 9.69 Å². The number of nitrogens with one attached hydrogen (secondary N) is 1. The van der Waals surface area contributed by atoms with Crippen molar-refractivity contribution < 1.29 is 4.79 Å². The number of hydrogen-bond acceptors (Lipinski definition) is 4. The predicted octanol–water partition coefficient (Wildman–Crippen LogP) is 1.66. The molecular formula is C11H11N3OS. The van der Waals surface area contributed by atoms with Gasteiger partial charge in [0, 0.05) is 12.6 Å². The molecule has 0 fully saturated rings. The van der Waals surface area contributed by atoms with Crippen molar-refractivity contribution in [3.8, 4) is 0 Å². The normalized spacial score (nSPS) is 10.0. The maximum absolute atomic E-state index is 11.6. The maximum atomic E-state index is 11.6. The van der Waals surface area contributed by atoms with Crippen LogP contribution in [-0.4, -0.2) is 10.3 Å². The van der Waals surface area contributed by atoms with Crippen molar-refractivity contribution in [2.45, 2.75) is 6.54 Å². The molecule has 0 spiro atoms. The van der Waals surface area contributed by atoms with Gasteiger partial charge in [-0.25, -0.2) is 0 Å². The van der Waals surface area contributed by atoms with Crippen LogP contribution in [-0.2, 0) is 6.54 Å². The van der Waals surface area contributed by atoms with Crippen LogP contribution >= 0.6 is 11.5 Å². The highest BCUT2D eigenvalue weighted by molar-refractivity contribution is 7.08. The highest BCUT2D eigenvalue weighted by Crippen LogP contribution is 2.11. The molecule has 1 amide bonds. The molecule has 2 aromatic rings. The van der Waals surface area contributed by atoms with Crippen molar-refractivity contribution in [2.24, 2.45) is 0 Å². The Morgan fingerprint density at radius 2 is 2.12 bits per heavy atom. The molecule has 5 heteroatoms. The van der Waals surface area contributed by atoms with E-state index in [1.807, 2.05) is 30.3 Å². The molecule has 0 aliphatic rings. The number of benzene rings is 1. The van der Waals surface area contributed by atoms with Crippen molar-refractivity contribution in [1.29, 1.82) is 0 Å². The lowest BCUT2D eigenvalue weighted by atomic mass is 10.2. The lowest BCUT2D eigenvalue weighted by molar-refractivity contribution is 0.0955. The van der Waals surface area contributed by atoms with E-state index in [4.69, 9.17) is 5.73 Å². The first kappa shape index (κ1) is 10.6. The Morgan fingerprint density at radius 3 is 2.75 bits per heavy atom. The van der Waals surface area contributed by atoms with E-state index in [-0.39, 0.29) is 5.91 Å². The second-order valence-electron chi connectivity index (χ2n) is 3.28. The molecule has 0 unspecified atom stereocenters. The SMILES string of the molecule is Nc1cc(C(=O)NCc2ccccc2)sn1. The molecule has 1 aromatic carbocycles. The standard InChI is InChI=1S/C11H11N3OS/c12-10-6-9(16-14-10)11(15)13-7-8-4-2-1-3-5-8/h1-6H,7H2,(H2,12,14)(H,13,15). The van der Waals surface area contributed by atoms with Gasteiger partial charge < -0.3 is 11.1 Å². The number of carbonyl (C=O) groups excluding carboxylic acids is 1. The molecule has 82 valence electrons. The van der Waals surface area contributed by atoms with Gasteiger partial charge in [-0.3, -0.25) is 4.79 Å². The fourth-order valence-corrected chi connectivity index (χ4v) is 1.85. The Balaban J connectivity index is 1.94. The van der Waals surface area contributed by atoms with E-state index < -0.39 is 0 Å². The second kappa shape index (κ2) is 4.76. The van der Waals surface area contributed by atoms with E-state index in [0.29, 0.717) is 17.2 Å². The summed E-state index contributed by atoms with van der Waals surface area (Å²) in [4.78, 5) is 12.2. The zero-order valence-electron chi connectivity index (χ0n) is 8.51. The zero-order chi connectivity index (χ0) is 11.4. The maximum Gasteiger partial charge on any atom is 0.263 e. The molecule has 1 aromatic heterocycles. The smallest absolute Gasteiger partial charge is 0.263 e. The average molecular weight is 233 g/mol. The lowest BCUT2D eigenvalue weighted by Gasteiger charge is -2.02. The third-order valence-corrected chi connectivity index (χ3v) is 2.85. The highest BCUT2D eigenvalue weighted by atomic mass is 32.1. The largest absolute Gasteiger partial charge is 0.383 e. The van der Waals surface area contributed by atoms with Crippen LogP contribution in [0.5, 0.6) is 0 Å². The van der Waals surface area contributed by atoms with Gasteiger partial charge in [0.05, 0.1) is 0 Å². The topological polar surface area (TPSA) is 68.0 Å². The van der Waals surface area contributed by atoms with Crippen LogP contribution in [0, 0.1) is 0 Å².